The van der Waals surface area contributed by atoms with Crippen molar-refractivity contribution >= 4 is 44.4 Å². The number of hydrogen-bond donors (Lipinski definition) is 0. The van der Waals surface area contributed by atoms with Gasteiger partial charge in [0.25, 0.3) is 11.2 Å². The first-order valence-electron chi connectivity index (χ1n) is 10.6. The highest BCUT2D eigenvalue weighted by Gasteiger charge is 2.24. The van der Waals surface area contributed by atoms with Crippen LogP contribution in [0.5, 0.6) is 17.4 Å². The van der Waals surface area contributed by atoms with Gasteiger partial charge in [0.2, 0.25) is 11.6 Å². The molecule has 0 bridgehead atoms. The number of nitro benzene ring substituents is 1. The summed E-state index contributed by atoms with van der Waals surface area (Å²) >= 11 is 3.33. The fraction of sp³-hybridized carbons (Fsp3) is 0.130. The molecule has 0 aliphatic heterocycles. The molecule has 0 saturated carbocycles. The van der Waals surface area contributed by atoms with E-state index in [2.05, 4.69) is 31.0 Å². The van der Waals surface area contributed by atoms with E-state index in [4.69, 9.17) is 9.47 Å². The van der Waals surface area contributed by atoms with Crippen LogP contribution < -0.4 is 15.0 Å². The number of aromatic nitrogens is 3. The first-order chi connectivity index (χ1) is 17.7. The van der Waals surface area contributed by atoms with Gasteiger partial charge in [0.1, 0.15) is 12.0 Å². The third-order valence-electron chi connectivity index (χ3n) is 4.98. The number of nitrogens with zero attached hydrogens (tertiary/aromatic N) is 6. The van der Waals surface area contributed by atoms with E-state index in [1.807, 2.05) is 0 Å². The number of hydrogen-bond acceptors (Lipinski definition) is 10. The maximum atomic E-state index is 13.0. The molecule has 2 heterocycles. The lowest BCUT2D eigenvalue weighted by Gasteiger charge is -2.12. The summed E-state index contributed by atoms with van der Waals surface area (Å²) in [5, 5.41) is 27.3. The largest absolute Gasteiger partial charge is 0.490 e. The lowest BCUT2D eigenvalue weighted by Crippen LogP contribution is -2.20. The van der Waals surface area contributed by atoms with E-state index < -0.39 is 21.1 Å². The Bertz CT molecular complexity index is 1620. The van der Waals surface area contributed by atoms with Crippen molar-refractivity contribution in [2.24, 2.45) is 5.10 Å². The lowest BCUT2D eigenvalue weighted by molar-refractivity contribution is -0.385. The summed E-state index contributed by atoms with van der Waals surface area (Å²) in [4.78, 5) is 42.6. The lowest BCUT2D eigenvalue weighted by atomic mass is 10.2. The molecule has 0 radical (unpaired) electrons. The van der Waals surface area contributed by atoms with Gasteiger partial charge in [-0.25, -0.2) is 9.97 Å². The van der Waals surface area contributed by atoms with E-state index >= 15 is 0 Å². The molecule has 13 nitrogen and oxygen atoms in total. The van der Waals surface area contributed by atoms with E-state index in [0.29, 0.717) is 21.2 Å². The average Bonchev–Trinajstić information content (AvgIpc) is 2.86. The van der Waals surface area contributed by atoms with E-state index in [1.165, 1.54) is 24.4 Å². The molecule has 4 aromatic rings. The van der Waals surface area contributed by atoms with Crippen molar-refractivity contribution in [1.82, 2.24) is 14.6 Å². The van der Waals surface area contributed by atoms with E-state index in [1.54, 1.807) is 32.0 Å². The van der Waals surface area contributed by atoms with Crippen LogP contribution in [0.15, 0.2) is 63.0 Å². The third-order valence-corrected chi connectivity index (χ3v) is 5.48. The van der Waals surface area contributed by atoms with Gasteiger partial charge in [-0.1, -0.05) is 15.9 Å². The highest BCUT2D eigenvalue weighted by Crippen LogP contribution is 2.40. The van der Waals surface area contributed by atoms with Crippen molar-refractivity contribution in [1.29, 1.82) is 0 Å². The maximum Gasteiger partial charge on any atom is 0.316 e. The Morgan fingerprint density at radius 2 is 1.92 bits per heavy atom. The van der Waals surface area contributed by atoms with Crippen LogP contribution in [0.25, 0.3) is 10.9 Å². The minimum Gasteiger partial charge on any atom is -0.490 e. The quantitative estimate of drug-likeness (QED) is 0.165. The van der Waals surface area contributed by atoms with Gasteiger partial charge in [0, 0.05) is 28.2 Å². The molecule has 0 aliphatic rings. The van der Waals surface area contributed by atoms with Gasteiger partial charge < -0.3 is 9.47 Å². The molecule has 0 amide bonds. The van der Waals surface area contributed by atoms with Crippen LogP contribution in [-0.2, 0) is 0 Å². The Morgan fingerprint density at radius 3 is 2.57 bits per heavy atom. The predicted molar refractivity (Wildman–Crippen MR) is 137 cm³/mol. The molecular weight excluding hydrogens is 552 g/mol. The zero-order chi connectivity index (χ0) is 26.7. The summed E-state index contributed by atoms with van der Waals surface area (Å²) in [6.45, 7) is 3.45. The second-order valence-electron chi connectivity index (χ2n) is 7.45. The van der Waals surface area contributed by atoms with E-state index in [-0.39, 0.29) is 35.2 Å². The molecule has 4 rings (SSSR count). The first kappa shape index (κ1) is 25.4. The Kier molecular flexibility index (Phi) is 7.20. The van der Waals surface area contributed by atoms with Crippen molar-refractivity contribution in [2.45, 2.75) is 13.8 Å². The number of halogens is 1. The topological polar surface area (TPSA) is 165 Å². The molecule has 0 saturated heterocycles. The fourth-order valence-corrected chi connectivity index (χ4v) is 3.71. The number of nitro groups is 2. The summed E-state index contributed by atoms with van der Waals surface area (Å²) in [5.41, 5.74) is -0.381. The van der Waals surface area contributed by atoms with Crippen molar-refractivity contribution in [3.63, 3.8) is 0 Å². The number of ether oxygens (including phenoxy) is 2. The van der Waals surface area contributed by atoms with Crippen LogP contribution in [0.1, 0.15) is 18.3 Å². The standard InChI is InChI=1S/C23H17BrN6O7/c1-3-36-20-9-14(11-26-28-13(2)27-18-6-4-15(24)10-17(18)23(28)31)8-19(30(34)35)22(20)37-21-7-5-16(12-25-21)29(32)33/h4-12H,3H2,1-2H3. The van der Waals surface area contributed by atoms with Gasteiger partial charge in [-0.15, -0.1) is 0 Å². The van der Waals surface area contributed by atoms with Gasteiger partial charge in [0.15, 0.2) is 5.75 Å². The Balaban J connectivity index is 1.76. The van der Waals surface area contributed by atoms with Crippen LogP contribution in [0.3, 0.4) is 0 Å². The van der Waals surface area contributed by atoms with Gasteiger partial charge in [-0.2, -0.15) is 9.78 Å². The van der Waals surface area contributed by atoms with Crippen LogP contribution in [-0.4, -0.2) is 37.3 Å². The fourth-order valence-electron chi connectivity index (χ4n) is 3.35. The monoisotopic (exact) mass is 568 g/mol. The predicted octanol–water partition coefficient (Wildman–Crippen LogP) is 4.75. The number of benzene rings is 2. The summed E-state index contributed by atoms with van der Waals surface area (Å²) in [7, 11) is 0. The molecule has 0 fully saturated rings. The van der Waals surface area contributed by atoms with Crippen LogP contribution >= 0.6 is 15.9 Å². The summed E-state index contributed by atoms with van der Waals surface area (Å²) < 4.78 is 12.9. The third kappa shape index (κ3) is 5.43. The highest BCUT2D eigenvalue weighted by molar-refractivity contribution is 9.10. The second-order valence-corrected chi connectivity index (χ2v) is 8.37. The minimum absolute atomic E-state index is 0.0166. The maximum absolute atomic E-state index is 13.0. The van der Waals surface area contributed by atoms with Crippen molar-refractivity contribution in [2.75, 3.05) is 6.61 Å². The van der Waals surface area contributed by atoms with Crippen LogP contribution in [0.2, 0.25) is 0 Å². The Labute approximate surface area is 216 Å². The highest BCUT2D eigenvalue weighted by atomic mass is 79.9. The number of rotatable bonds is 8. The minimum atomic E-state index is -0.674. The molecular formula is C23H17BrN6O7. The first-order valence-corrected chi connectivity index (χ1v) is 11.4. The number of pyridine rings is 1. The van der Waals surface area contributed by atoms with E-state index in [0.717, 1.165) is 16.9 Å². The molecule has 2 aromatic carbocycles. The summed E-state index contributed by atoms with van der Waals surface area (Å²) in [6, 6.07) is 10.1. The molecule has 188 valence electrons. The summed E-state index contributed by atoms with van der Waals surface area (Å²) in [6.07, 6.45) is 2.24. The zero-order valence-corrected chi connectivity index (χ0v) is 20.9. The average molecular weight is 569 g/mol. The van der Waals surface area contributed by atoms with Crippen LogP contribution in [0.4, 0.5) is 11.4 Å². The molecule has 0 aliphatic carbocycles. The van der Waals surface area contributed by atoms with Crippen molar-refractivity contribution in [3.8, 4) is 17.4 Å². The molecule has 0 spiro atoms. The number of fused-ring (bicyclic) bond motifs is 1. The molecule has 0 unspecified atom stereocenters. The van der Waals surface area contributed by atoms with Crippen molar-refractivity contribution < 1.29 is 19.3 Å². The summed E-state index contributed by atoms with van der Waals surface area (Å²) in [5.74, 6) is -0.00897. The molecule has 37 heavy (non-hydrogen) atoms. The molecule has 0 atom stereocenters. The van der Waals surface area contributed by atoms with Crippen LogP contribution in [0, 0.1) is 27.2 Å². The van der Waals surface area contributed by atoms with Crippen molar-refractivity contribution in [3.05, 3.63) is 95.1 Å². The van der Waals surface area contributed by atoms with Gasteiger partial charge in [0.05, 0.1) is 33.6 Å². The van der Waals surface area contributed by atoms with E-state index in [9.17, 15) is 25.0 Å². The van der Waals surface area contributed by atoms with Gasteiger partial charge in [-0.3, -0.25) is 25.0 Å². The zero-order valence-electron chi connectivity index (χ0n) is 19.3. The molecule has 0 N–H and O–H groups in total. The van der Waals surface area contributed by atoms with Gasteiger partial charge in [-0.05, 0) is 38.1 Å². The SMILES string of the molecule is CCOc1cc(C=Nn2c(C)nc3ccc(Br)cc3c2=O)cc([N+](=O)[O-])c1Oc1ccc([N+](=O)[O-])cn1. The molecule has 2 aromatic heterocycles. The smallest absolute Gasteiger partial charge is 0.316 e. The molecule has 14 heteroatoms. The second kappa shape index (κ2) is 10.5. The van der Waals surface area contributed by atoms with Gasteiger partial charge >= 0.3 is 5.69 Å². The Morgan fingerprint density at radius 1 is 1.14 bits per heavy atom. The number of aryl methyl sites for hydroxylation is 1. The Hall–Kier alpha value is -4.72. The normalized spacial score (nSPS) is 11.1.